The average Bonchev–Trinajstić information content (AvgIpc) is 2.56. The van der Waals surface area contributed by atoms with Gasteiger partial charge < -0.3 is 15.2 Å². The second kappa shape index (κ2) is 5.52. The summed E-state index contributed by atoms with van der Waals surface area (Å²) in [5, 5.41) is 0. The lowest BCUT2D eigenvalue weighted by Gasteiger charge is -2.28. The quantitative estimate of drug-likeness (QED) is 0.875. The van der Waals surface area contributed by atoms with Gasteiger partial charge in [-0.05, 0) is 43.9 Å². The topological polar surface area (TPSA) is 44.5 Å². The maximum Gasteiger partial charge on any atom is 0.119 e. The molecule has 94 valence electrons. The first-order valence-corrected chi connectivity index (χ1v) is 6.34. The lowest BCUT2D eigenvalue weighted by atomic mass is 9.84. The van der Waals surface area contributed by atoms with Crippen molar-refractivity contribution >= 4 is 0 Å². The van der Waals surface area contributed by atoms with E-state index in [1.165, 1.54) is 0 Å². The summed E-state index contributed by atoms with van der Waals surface area (Å²) >= 11 is 0. The average molecular weight is 235 g/mol. The lowest BCUT2D eigenvalue weighted by Crippen LogP contribution is -2.36. The SMILES string of the molecule is CCOc1cccc(C2(N)CCCOCC2)c1. The van der Waals surface area contributed by atoms with Gasteiger partial charge in [-0.15, -0.1) is 0 Å². The van der Waals surface area contributed by atoms with Gasteiger partial charge in [0.05, 0.1) is 6.61 Å². The third kappa shape index (κ3) is 2.99. The molecule has 1 aliphatic heterocycles. The smallest absolute Gasteiger partial charge is 0.119 e. The summed E-state index contributed by atoms with van der Waals surface area (Å²) in [5.74, 6) is 0.903. The fraction of sp³-hybridized carbons (Fsp3) is 0.571. The molecule has 1 heterocycles. The highest BCUT2D eigenvalue weighted by Crippen LogP contribution is 2.31. The van der Waals surface area contributed by atoms with Crippen molar-refractivity contribution in [3.63, 3.8) is 0 Å². The van der Waals surface area contributed by atoms with Crippen molar-refractivity contribution in [3.8, 4) is 5.75 Å². The van der Waals surface area contributed by atoms with E-state index in [9.17, 15) is 0 Å². The molecule has 0 radical (unpaired) electrons. The number of ether oxygens (including phenoxy) is 2. The maximum atomic E-state index is 6.51. The Morgan fingerprint density at radius 3 is 3.06 bits per heavy atom. The van der Waals surface area contributed by atoms with Gasteiger partial charge in [0.2, 0.25) is 0 Å². The zero-order chi connectivity index (χ0) is 12.1. The molecule has 0 saturated carbocycles. The first-order chi connectivity index (χ1) is 8.24. The molecule has 17 heavy (non-hydrogen) atoms. The Morgan fingerprint density at radius 2 is 2.24 bits per heavy atom. The predicted molar refractivity (Wildman–Crippen MR) is 68.1 cm³/mol. The largest absolute Gasteiger partial charge is 0.494 e. The fourth-order valence-electron chi connectivity index (χ4n) is 2.32. The van der Waals surface area contributed by atoms with Gasteiger partial charge in [-0.25, -0.2) is 0 Å². The van der Waals surface area contributed by atoms with Crippen LogP contribution in [0.4, 0.5) is 0 Å². The zero-order valence-corrected chi connectivity index (χ0v) is 10.4. The molecule has 1 atom stereocenters. The van der Waals surface area contributed by atoms with Gasteiger partial charge in [0, 0.05) is 18.8 Å². The fourth-order valence-corrected chi connectivity index (χ4v) is 2.32. The van der Waals surface area contributed by atoms with E-state index in [0.717, 1.165) is 43.8 Å². The van der Waals surface area contributed by atoms with Crippen LogP contribution in [-0.2, 0) is 10.3 Å². The van der Waals surface area contributed by atoms with E-state index in [4.69, 9.17) is 15.2 Å². The van der Waals surface area contributed by atoms with Gasteiger partial charge in [0.1, 0.15) is 5.75 Å². The number of nitrogens with two attached hydrogens (primary N) is 1. The van der Waals surface area contributed by atoms with Gasteiger partial charge in [0.25, 0.3) is 0 Å². The zero-order valence-electron chi connectivity index (χ0n) is 10.4. The van der Waals surface area contributed by atoms with Gasteiger partial charge in [-0.3, -0.25) is 0 Å². The summed E-state index contributed by atoms with van der Waals surface area (Å²) in [6, 6.07) is 8.15. The van der Waals surface area contributed by atoms with Gasteiger partial charge in [0.15, 0.2) is 0 Å². The van der Waals surface area contributed by atoms with Crippen molar-refractivity contribution in [2.24, 2.45) is 5.73 Å². The summed E-state index contributed by atoms with van der Waals surface area (Å²) in [7, 11) is 0. The molecule has 1 aromatic rings. The first-order valence-electron chi connectivity index (χ1n) is 6.34. The lowest BCUT2D eigenvalue weighted by molar-refractivity contribution is 0.139. The van der Waals surface area contributed by atoms with E-state index in [1.807, 2.05) is 19.1 Å². The summed E-state index contributed by atoms with van der Waals surface area (Å²) in [4.78, 5) is 0. The molecule has 0 amide bonds. The second-order valence-electron chi connectivity index (χ2n) is 4.58. The van der Waals surface area contributed by atoms with Crippen LogP contribution in [0.2, 0.25) is 0 Å². The van der Waals surface area contributed by atoms with E-state index in [-0.39, 0.29) is 5.54 Å². The highest BCUT2D eigenvalue weighted by atomic mass is 16.5. The van der Waals surface area contributed by atoms with Crippen molar-refractivity contribution in [2.45, 2.75) is 31.7 Å². The molecule has 1 aromatic carbocycles. The van der Waals surface area contributed by atoms with E-state index in [1.54, 1.807) is 0 Å². The molecule has 2 rings (SSSR count). The van der Waals surface area contributed by atoms with E-state index >= 15 is 0 Å². The summed E-state index contributed by atoms with van der Waals surface area (Å²) in [6.45, 7) is 4.24. The van der Waals surface area contributed by atoms with Crippen molar-refractivity contribution in [2.75, 3.05) is 19.8 Å². The third-order valence-corrected chi connectivity index (χ3v) is 3.32. The predicted octanol–water partition coefficient (Wildman–Crippen LogP) is 2.44. The minimum absolute atomic E-state index is 0.260. The van der Waals surface area contributed by atoms with Crippen LogP contribution >= 0.6 is 0 Å². The van der Waals surface area contributed by atoms with Crippen molar-refractivity contribution in [1.82, 2.24) is 0 Å². The molecule has 0 aromatic heterocycles. The molecule has 0 aliphatic carbocycles. The summed E-state index contributed by atoms with van der Waals surface area (Å²) in [6.07, 6.45) is 2.88. The summed E-state index contributed by atoms with van der Waals surface area (Å²) < 4.78 is 11.0. The number of hydrogen-bond donors (Lipinski definition) is 1. The molecule has 1 fully saturated rings. The van der Waals surface area contributed by atoms with Crippen LogP contribution in [0.25, 0.3) is 0 Å². The Balaban J connectivity index is 2.21. The Bertz CT molecular complexity index is 357. The Labute approximate surface area is 103 Å². The van der Waals surface area contributed by atoms with Crippen molar-refractivity contribution < 1.29 is 9.47 Å². The van der Waals surface area contributed by atoms with E-state index < -0.39 is 0 Å². The van der Waals surface area contributed by atoms with E-state index in [2.05, 4.69) is 12.1 Å². The van der Waals surface area contributed by atoms with Crippen LogP contribution < -0.4 is 10.5 Å². The van der Waals surface area contributed by atoms with Crippen LogP contribution in [-0.4, -0.2) is 19.8 Å². The van der Waals surface area contributed by atoms with Crippen LogP contribution in [0.1, 0.15) is 31.7 Å². The van der Waals surface area contributed by atoms with Crippen LogP contribution in [0.15, 0.2) is 24.3 Å². The highest BCUT2D eigenvalue weighted by molar-refractivity contribution is 5.33. The number of rotatable bonds is 3. The summed E-state index contributed by atoms with van der Waals surface area (Å²) in [5.41, 5.74) is 7.41. The Morgan fingerprint density at radius 1 is 1.35 bits per heavy atom. The first kappa shape index (κ1) is 12.4. The molecule has 3 nitrogen and oxygen atoms in total. The Hall–Kier alpha value is -1.06. The molecular formula is C14H21NO2. The van der Waals surface area contributed by atoms with Crippen LogP contribution in [0.3, 0.4) is 0 Å². The maximum absolute atomic E-state index is 6.51. The molecule has 0 bridgehead atoms. The molecule has 3 heteroatoms. The van der Waals surface area contributed by atoms with E-state index in [0.29, 0.717) is 6.61 Å². The second-order valence-corrected chi connectivity index (χ2v) is 4.58. The molecule has 1 unspecified atom stereocenters. The minimum atomic E-state index is -0.260. The molecule has 1 aliphatic rings. The monoisotopic (exact) mass is 235 g/mol. The molecule has 0 spiro atoms. The number of benzene rings is 1. The minimum Gasteiger partial charge on any atom is -0.494 e. The third-order valence-electron chi connectivity index (χ3n) is 3.32. The Kier molecular flexibility index (Phi) is 4.02. The van der Waals surface area contributed by atoms with Gasteiger partial charge in [-0.1, -0.05) is 12.1 Å². The molecule has 1 saturated heterocycles. The molecule has 2 N–H and O–H groups in total. The molecular weight excluding hydrogens is 214 g/mol. The van der Waals surface area contributed by atoms with Gasteiger partial charge in [-0.2, -0.15) is 0 Å². The highest BCUT2D eigenvalue weighted by Gasteiger charge is 2.28. The van der Waals surface area contributed by atoms with Gasteiger partial charge >= 0.3 is 0 Å². The van der Waals surface area contributed by atoms with Crippen molar-refractivity contribution in [1.29, 1.82) is 0 Å². The van der Waals surface area contributed by atoms with Crippen molar-refractivity contribution in [3.05, 3.63) is 29.8 Å². The van der Waals surface area contributed by atoms with Crippen LogP contribution in [0.5, 0.6) is 5.75 Å². The van der Waals surface area contributed by atoms with Crippen LogP contribution in [0, 0.1) is 0 Å². The normalized spacial score (nSPS) is 25.3. The number of hydrogen-bond acceptors (Lipinski definition) is 3. The standard InChI is InChI=1S/C14H21NO2/c1-2-17-13-6-3-5-12(11-13)14(15)7-4-9-16-10-8-14/h3,5-6,11H,2,4,7-10,15H2,1H3.